The van der Waals surface area contributed by atoms with Gasteiger partial charge in [0, 0.05) is 43.4 Å². The molecule has 0 aliphatic heterocycles. The monoisotopic (exact) mass is 823 g/mol. The minimum atomic E-state index is -1.34. The second kappa shape index (κ2) is 14.9. The number of furan rings is 1. The molecule has 245 valence electrons. The molecule has 48 heavy (non-hydrogen) atoms. The van der Waals surface area contributed by atoms with Crippen LogP contribution >= 0.6 is 0 Å². The summed E-state index contributed by atoms with van der Waals surface area (Å²) in [7, 11) is -1.34. The van der Waals surface area contributed by atoms with Crippen LogP contribution in [-0.4, -0.2) is 18.0 Å². The number of pyridine rings is 2. The fraction of sp³-hybridized carbons (Fsp3) is 0.209. The van der Waals surface area contributed by atoms with Crippen molar-refractivity contribution in [3.05, 3.63) is 139 Å². The summed E-state index contributed by atoms with van der Waals surface area (Å²) in [5.41, 5.74) is 10.6. The van der Waals surface area contributed by atoms with Crippen LogP contribution in [0.2, 0.25) is 19.6 Å². The summed E-state index contributed by atoms with van der Waals surface area (Å²) in [5.74, 6) is 0.980. The Morgan fingerprint density at radius 3 is 2.10 bits per heavy atom. The van der Waals surface area contributed by atoms with Gasteiger partial charge in [0.25, 0.3) is 0 Å². The summed E-state index contributed by atoms with van der Waals surface area (Å²) in [4.78, 5) is 9.26. The first-order valence-corrected chi connectivity index (χ1v) is 20.0. The largest absolute Gasteiger partial charge is 0.500 e. The smallest absolute Gasteiger partial charge is 0.128 e. The molecule has 1 radical (unpaired) electrons. The van der Waals surface area contributed by atoms with Crippen LogP contribution in [0, 0.1) is 12.1 Å². The molecule has 0 spiro atoms. The normalized spacial score (nSPS) is 11.4. The van der Waals surface area contributed by atoms with Crippen molar-refractivity contribution in [3.63, 3.8) is 0 Å². The van der Waals surface area contributed by atoms with Crippen LogP contribution in [0.1, 0.15) is 50.7 Å². The van der Waals surface area contributed by atoms with Gasteiger partial charge in [-0.25, -0.2) is 0 Å². The van der Waals surface area contributed by atoms with Crippen molar-refractivity contribution in [2.75, 3.05) is 0 Å². The number of hydrogen-bond acceptors (Lipinski definition) is 3. The Bertz CT molecular complexity index is 2130. The standard InChI is InChI=1S/C26H20NO.C17H22NSi.Ir/c1-17(2)19-14-15-27-24(16-19)23-13-7-12-22-21-11-6-10-20(25(21)28-26(22)23)18-8-4-3-5-9-18;1-13(2)15-11-16(14-9-7-6-8-10-14)18-12-17(15)19(3,4)5;/h3-12,14-17H,1-2H3;6-9,11-13H,1-5H3;/q2*-1;. The van der Waals surface area contributed by atoms with Gasteiger partial charge in [-0.15, -0.1) is 54.1 Å². The van der Waals surface area contributed by atoms with E-state index in [2.05, 4.69) is 148 Å². The number of aromatic nitrogens is 2. The third-order valence-corrected chi connectivity index (χ3v) is 10.6. The van der Waals surface area contributed by atoms with Crippen molar-refractivity contribution in [3.8, 4) is 33.6 Å². The first-order valence-electron chi connectivity index (χ1n) is 16.5. The predicted molar refractivity (Wildman–Crippen MR) is 201 cm³/mol. The first kappa shape index (κ1) is 35.2. The van der Waals surface area contributed by atoms with Gasteiger partial charge in [-0.05, 0) is 40.0 Å². The molecule has 0 saturated heterocycles. The minimum absolute atomic E-state index is 0. The number of benzene rings is 4. The summed E-state index contributed by atoms with van der Waals surface area (Å²) >= 11 is 0. The molecule has 5 heteroatoms. The van der Waals surface area contributed by atoms with Crippen LogP contribution < -0.4 is 5.19 Å². The van der Waals surface area contributed by atoms with Gasteiger partial charge in [0.15, 0.2) is 0 Å². The molecule has 0 atom stereocenters. The summed E-state index contributed by atoms with van der Waals surface area (Å²) < 4.78 is 6.45. The second-order valence-corrected chi connectivity index (χ2v) is 18.8. The zero-order valence-corrected chi connectivity index (χ0v) is 32.2. The molecule has 0 amide bonds. The molecule has 0 N–H and O–H groups in total. The van der Waals surface area contributed by atoms with E-state index in [1.165, 1.54) is 16.3 Å². The summed E-state index contributed by atoms with van der Waals surface area (Å²) in [5, 5.41) is 3.69. The van der Waals surface area contributed by atoms with Crippen LogP contribution in [0.25, 0.3) is 55.6 Å². The van der Waals surface area contributed by atoms with E-state index in [1.54, 1.807) is 0 Å². The molecule has 0 fully saturated rings. The first-order chi connectivity index (χ1) is 22.6. The second-order valence-electron chi connectivity index (χ2n) is 13.7. The van der Waals surface area contributed by atoms with Crippen molar-refractivity contribution in [1.82, 2.24) is 9.97 Å². The maximum atomic E-state index is 6.45. The Morgan fingerprint density at radius 2 is 1.42 bits per heavy atom. The summed E-state index contributed by atoms with van der Waals surface area (Å²) in [6.45, 7) is 16.0. The van der Waals surface area contributed by atoms with Crippen molar-refractivity contribution in [1.29, 1.82) is 0 Å². The van der Waals surface area contributed by atoms with Gasteiger partial charge < -0.3 is 14.4 Å². The molecular weight excluding hydrogens is 781 g/mol. The van der Waals surface area contributed by atoms with Crippen molar-refractivity contribution < 1.29 is 24.5 Å². The van der Waals surface area contributed by atoms with Gasteiger partial charge in [-0.2, -0.15) is 0 Å². The molecular formula is C43H42IrN2OSi-2. The van der Waals surface area contributed by atoms with Crippen LogP contribution in [0.15, 0.2) is 120 Å². The number of fused-ring (bicyclic) bond motifs is 3. The molecule has 3 nitrogen and oxygen atoms in total. The van der Waals surface area contributed by atoms with E-state index in [0.29, 0.717) is 11.8 Å². The topological polar surface area (TPSA) is 38.9 Å². The van der Waals surface area contributed by atoms with E-state index in [9.17, 15) is 0 Å². The fourth-order valence-electron chi connectivity index (χ4n) is 6.02. The van der Waals surface area contributed by atoms with E-state index in [4.69, 9.17) is 4.42 Å². The molecule has 0 aliphatic carbocycles. The van der Waals surface area contributed by atoms with Gasteiger partial charge in [-0.3, -0.25) is 0 Å². The Morgan fingerprint density at radius 1 is 0.667 bits per heavy atom. The van der Waals surface area contributed by atoms with Crippen molar-refractivity contribution >= 4 is 35.2 Å². The molecule has 0 unspecified atom stereocenters. The maximum absolute atomic E-state index is 6.45. The zero-order valence-electron chi connectivity index (χ0n) is 28.8. The van der Waals surface area contributed by atoms with Gasteiger partial charge in [-0.1, -0.05) is 130 Å². The minimum Gasteiger partial charge on any atom is -0.500 e. The van der Waals surface area contributed by atoms with Crippen LogP contribution in [0.5, 0.6) is 0 Å². The Labute approximate surface area is 299 Å². The van der Waals surface area contributed by atoms with E-state index in [0.717, 1.165) is 55.6 Å². The summed E-state index contributed by atoms with van der Waals surface area (Å²) in [6, 6.07) is 41.8. The Balaban J connectivity index is 0.000000198. The molecule has 3 heterocycles. The van der Waals surface area contributed by atoms with Gasteiger partial charge in [0.05, 0.1) is 13.7 Å². The summed E-state index contributed by atoms with van der Waals surface area (Å²) in [6.07, 6.45) is 3.97. The molecule has 3 aromatic heterocycles. The van der Waals surface area contributed by atoms with E-state index in [1.807, 2.05) is 36.5 Å². The quantitative estimate of drug-likeness (QED) is 0.124. The molecule has 0 saturated carbocycles. The van der Waals surface area contributed by atoms with E-state index < -0.39 is 8.07 Å². The van der Waals surface area contributed by atoms with Crippen LogP contribution in [-0.2, 0) is 20.1 Å². The number of hydrogen-bond donors (Lipinski definition) is 0. The van der Waals surface area contributed by atoms with Gasteiger partial charge in [0.2, 0.25) is 0 Å². The molecule has 0 aliphatic rings. The fourth-order valence-corrected chi connectivity index (χ4v) is 7.70. The maximum Gasteiger partial charge on any atom is 0.128 e. The number of nitrogens with zero attached hydrogens (tertiary/aromatic N) is 2. The molecule has 4 aromatic carbocycles. The molecule has 7 rings (SSSR count). The van der Waals surface area contributed by atoms with E-state index in [-0.39, 0.29) is 20.1 Å². The van der Waals surface area contributed by atoms with E-state index >= 15 is 0 Å². The van der Waals surface area contributed by atoms with Crippen LogP contribution in [0.3, 0.4) is 0 Å². The number of rotatable bonds is 6. The average molecular weight is 823 g/mol. The SMILES string of the molecule is CC(C)c1cc(-c2[c-]cccc2)ncc1[Si](C)(C)C.CC(C)c1ccnc(-c2[c-]ccc3c2oc2c(-c4ccccc4)cccc23)c1.[Ir]. The van der Waals surface area contributed by atoms with Crippen molar-refractivity contribution in [2.45, 2.75) is 59.2 Å². The average Bonchev–Trinajstić information content (AvgIpc) is 3.48. The van der Waals surface area contributed by atoms with Gasteiger partial charge >= 0.3 is 0 Å². The van der Waals surface area contributed by atoms with Crippen molar-refractivity contribution in [2.24, 2.45) is 0 Å². The van der Waals surface area contributed by atoms with Gasteiger partial charge in [0.1, 0.15) is 5.58 Å². The zero-order chi connectivity index (χ0) is 33.1. The third-order valence-electron chi connectivity index (χ3n) is 8.60. The Hall–Kier alpha value is -4.15. The molecule has 0 bridgehead atoms. The predicted octanol–water partition coefficient (Wildman–Crippen LogP) is 11.5. The third kappa shape index (κ3) is 7.44. The van der Waals surface area contributed by atoms with Crippen LogP contribution in [0.4, 0.5) is 0 Å². The number of para-hydroxylation sites is 1. The molecule has 7 aromatic rings. The Kier molecular flexibility index (Phi) is 10.9.